The maximum absolute atomic E-state index is 8.94. The molecule has 6 heteroatoms. The Kier molecular flexibility index (Phi) is 8.34. The number of hydrogen-bond donors (Lipinski definition) is 0. The lowest BCUT2D eigenvalue weighted by atomic mass is 10.3. The van der Waals surface area contributed by atoms with E-state index in [1.807, 2.05) is 19.9 Å². The second-order valence-corrected chi connectivity index (χ2v) is 4.47. The van der Waals surface area contributed by atoms with E-state index in [1.54, 1.807) is 17.8 Å². The third-order valence-electron chi connectivity index (χ3n) is 2.03. The number of thioether (sulfide) groups is 1. The van der Waals surface area contributed by atoms with Crippen LogP contribution in [0, 0.1) is 5.39 Å². The van der Waals surface area contributed by atoms with Crippen molar-refractivity contribution in [1.29, 1.82) is 5.39 Å². The summed E-state index contributed by atoms with van der Waals surface area (Å²) in [4.78, 5) is 4.22. The molecular weight excluding hydrogens is 272 g/mol. The Morgan fingerprint density at radius 1 is 1.11 bits per heavy atom. The zero-order valence-electron chi connectivity index (χ0n) is 10.8. The van der Waals surface area contributed by atoms with Crippen molar-refractivity contribution in [3.05, 3.63) is 17.1 Å². The highest BCUT2D eigenvalue weighted by atomic mass is 35.5. The van der Waals surface area contributed by atoms with Gasteiger partial charge in [-0.3, -0.25) is 0 Å². The second-order valence-electron chi connectivity index (χ2n) is 3.17. The number of rotatable bonds is 6. The normalized spacial score (nSPS) is 9.22. The number of nitrogens with zero attached hydrogens (tertiary/aromatic N) is 2. The predicted molar refractivity (Wildman–Crippen MR) is 69.9 cm³/mol. The second kappa shape index (κ2) is 8.90. The van der Waals surface area contributed by atoms with Crippen molar-refractivity contribution in [1.82, 2.24) is 0 Å². The largest absolute Gasteiger partial charge is 1.00 e. The van der Waals surface area contributed by atoms with Crippen molar-refractivity contribution in [2.75, 3.05) is 19.0 Å². The van der Waals surface area contributed by atoms with E-state index in [2.05, 4.69) is 11.9 Å². The van der Waals surface area contributed by atoms with E-state index >= 15 is 0 Å². The third kappa shape index (κ3) is 4.28. The number of hydrogen-bond acceptors (Lipinski definition) is 4. The van der Waals surface area contributed by atoms with E-state index in [9.17, 15) is 0 Å². The minimum Gasteiger partial charge on any atom is -1.00 e. The lowest BCUT2D eigenvalue weighted by Gasteiger charge is -2.09. The van der Waals surface area contributed by atoms with Gasteiger partial charge in [0.15, 0.2) is 4.98 Å². The van der Waals surface area contributed by atoms with Crippen LogP contribution in [0.1, 0.15) is 20.8 Å². The first-order chi connectivity index (χ1) is 8.26. The molecule has 0 amide bonds. The number of halogens is 1. The van der Waals surface area contributed by atoms with Gasteiger partial charge in [-0.15, -0.1) is 11.8 Å². The van der Waals surface area contributed by atoms with E-state index in [4.69, 9.17) is 14.9 Å². The molecule has 0 bridgehead atoms. The summed E-state index contributed by atoms with van der Waals surface area (Å²) in [5.41, 5.74) is 0.399. The molecule has 100 valence electrons. The topological polar surface area (TPSA) is 46.6 Å². The molecule has 0 N–H and O–H groups in total. The fourth-order valence-corrected chi connectivity index (χ4v) is 2.18. The first kappa shape index (κ1) is 16.9. The van der Waals surface area contributed by atoms with Crippen molar-refractivity contribution in [2.24, 2.45) is 0 Å². The standard InChI is InChI=1S/C12H17N2O2S.ClH/c1-4-15-10-8-12(17-6-3)11(16-5-2)7-9(10)14-13;/h7-8H,4-6H2,1-3H3;1H/q+1;/p-1. The van der Waals surface area contributed by atoms with Crippen LogP contribution in [-0.4, -0.2) is 19.0 Å². The van der Waals surface area contributed by atoms with Crippen LogP contribution in [0.25, 0.3) is 4.98 Å². The molecular formula is C12H17ClN2O2S. The van der Waals surface area contributed by atoms with Gasteiger partial charge in [0, 0.05) is 6.07 Å². The highest BCUT2D eigenvalue weighted by molar-refractivity contribution is 7.99. The van der Waals surface area contributed by atoms with Gasteiger partial charge in [-0.25, -0.2) is 0 Å². The van der Waals surface area contributed by atoms with Gasteiger partial charge in [0.25, 0.3) is 0 Å². The minimum atomic E-state index is 0. The van der Waals surface area contributed by atoms with Crippen molar-refractivity contribution < 1.29 is 21.9 Å². The lowest BCUT2D eigenvalue weighted by Crippen LogP contribution is -3.00. The van der Waals surface area contributed by atoms with Crippen LogP contribution in [0.3, 0.4) is 0 Å². The molecule has 0 aliphatic heterocycles. The summed E-state index contributed by atoms with van der Waals surface area (Å²) in [6, 6.07) is 3.56. The summed E-state index contributed by atoms with van der Waals surface area (Å²) in [6.45, 7) is 7.00. The van der Waals surface area contributed by atoms with Crippen LogP contribution < -0.4 is 21.9 Å². The maximum Gasteiger partial charge on any atom is 0.430 e. The molecule has 4 nitrogen and oxygen atoms in total. The van der Waals surface area contributed by atoms with Gasteiger partial charge in [0.1, 0.15) is 5.75 Å². The highest BCUT2D eigenvalue weighted by Gasteiger charge is 2.20. The smallest absolute Gasteiger partial charge is 0.430 e. The molecule has 18 heavy (non-hydrogen) atoms. The monoisotopic (exact) mass is 288 g/mol. The lowest BCUT2D eigenvalue weighted by molar-refractivity contribution is -0.00000489. The van der Waals surface area contributed by atoms with E-state index in [0.717, 1.165) is 16.4 Å². The van der Waals surface area contributed by atoms with E-state index < -0.39 is 0 Å². The molecule has 0 heterocycles. The van der Waals surface area contributed by atoms with Crippen molar-refractivity contribution in [3.8, 4) is 11.5 Å². The van der Waals surface area contributed by atoms with Gasteiger partial charge in [-0.05, 0) is 19.6 Å². The molecule has 1 aromatic carbocycles. The molecule has 0 unspecified atom stereocenters. The predicted octanol–water partition coefficient (Wildman–Crippen LogP) is 1.08. The summed E-state index contributed by atoms with van der Waals surface area (Å²) >= 11 is 1.67. The number of benzene rings is 1. The molecule has 1 rings (SSSR count). The fraction of sp³-hybridized carbons (Fsp3) is 0.500. The average molecular weight is 289 g/mol. The average Bonchev–Trinajstić information content (AvgIpc) is 2.33. The van der Waals surface area contributed by atoms with Crippen LogP contribution in [0.4, 0.5) is 5.69 Å². The zero-order chi connectivity index (χ0) is 12.7. The molecule has 0 aliphatic rings. The van der Waals surface area contributed by atoms with Gasteiger partial charge < -0.3 is 21.9 Å². The van der Waals surface area contributed by atoms with Crippen LogP contribution in [-0.2, 0) is 0 Å². The maximum atomic E-state index is 8.94. The van der Waals surface area contributed by atoms with Crippen LogP contribution in [0.5, 0.6) is 11.5 Å². The molecule has 0 aliphatic carbocycles. The summed E-state index contributed by atoms with van der Waals surface area (Å²) in [7, 11) is 0. The first-order valence-electron chi connectivity index (χ1n) is 5.68. The van der Waals surface area contributed by atoms with Crippen molar-refractivity contribution in [2.45, 2.75) is 25.7 Å². The Morgan fingerprint density at radius 3 is 2.22 bits per heavy atom. The molecule has 1 aromatic rings. The summed E-state index contributed by atoms with van der Waals surface area (Å²) in [5, 5.41) is 8.94. The van der Waals surface area contributed by atoms with Crippen LogP contribution in [0.15, 0.2) is 17.0 Å². The van der Waals surface area contributed by atoms with E-state index in [0.29, 0.717) is 24.7 Å². The van der Waals surface area contributed by atoms with Crippen molar-refractivity contribution >= 4 is 17.4 Å². The molecule has 0 aromatic heterocycles. The SMILES string of the molecule is CCOc1cc(SCC)c(OCC)cc1[N+]#N.[Cl-]. The molecule has 0 atom stereocenters. The Morgan fingerprint density at radius 2 is 1.72 bits per heavy atom. The van der Waals surface area contributed by atoms with Gasteiger partial charge in [0.05, 0.1) is 24.2 Å². The molecule has 0 fully saturated rings. The highest BCUT2D eigenvalue weighted by Crippen LogP contribution is 2.40. The number of ether oxygens (including phenoxy) is 2. The Labute approximate surface area is 118 Å². The number of diazo groups is 1. The molecule has 0 saturated carbocycles. The van der Waals surface area contributed by atoms with Gasteiger partial charge in [-0.2, -0.15) is 0 Å². The zero-order valence-corrected chi connectivity index (χ0v) is 12.3. The van der Waals surface area contributed by atoms with Crippen LogP contribution in [0.2, 0.25) is 0 Å². The first-order valence-corrected chi connectivity index (χ1v) is 6.66. The van der Waals surface area contributed by atoms with Gasteiger partial charge in [-0.1, -0.05) is 6.92 Å². The van der Waals surface area contributed by atoms with Crippen molar-refractivity contribution in [3.63, 3.8) is 0 Å². The molecule has 0 saturated heterocycles. The quantitative estimate of drug-likeness (QED) is 0.581. The van der Waals surface area contributed by atoms with Gasteiger partial charge >= 0.3 is 5.69 Å². The molecule has 0 radical (unpaired) electrons. The van der Waals surface area contributed by atoms with E-state index in [1.165, 1.54) is 0 Å². The van der Waals surface area contributed by atoms with Crippen LogP contribution >= 0.6 is 11.8 Å². The third-order valence-corrected chi connectivity index (χ3v) is 2.95. The molecule has 0 spiro atoms. The van der Waals surface area contributed by atoms with E-state index in [-0.39, 0.29) is 12.4 Å². The Bertz CT molecular complexity index is 421. The van der Waals surface area contributed by atoms with Gasteiger partial charge in [0.2, 0.25) is 11.1 Å². The minimum absolute atomic E-state index is 0. The summed E-state index contributed by atoms with van der Waals surface area (Å²) in [5.74, 6) is 2.26. The fourth-order valence-electron chi connectivity index (χ4n) is 1.42. The Balaban J connectivity index is 0.00000289. The summed E-state index contributed by atoms with van der Waals surface area (Å²) < 4.78 is 10.9. The summed E-state index contributed by atoms with van der Waals surface area (Å²) in [6.07, 6.45) is 0. The Hall–Kier alpha value is -1.12.